The smallest absolute Gasteiger partial charge is 0.0933 e. The van der Waals surface area contributed by atoms with Gasteiger partial charge in [-0.2, -0.15) is 0 Å². The molecule has 0 aromatic heterocycles. The minimum absolute atomic E-state index is 0.0903. The van der Waals surface area contributed by atoms with Crippen LogP contribution in [0.4, 0.5) is 0 Å². The van der Waals surface area contributed by atoms with Crippen molar-refractivity contribution in [1.29, 1.82) is 0 Å². The van der Waals surface area contributed by atoms with Crippen LogP contribution in [-0.2, 0) is 0 Å². The summed E-state index contributed by atoms with van der Waals surface area (Å²) in [6.07, 6.45) is 7.87. The first-order valence-electron chi connectivity index (χ1n) is 9.78. The highest BCUT2D eigenvalue weighted by molar-refractivity contribution is 5.15. The van der Waals surface area contributed by atoms with Crippen LogP contribution in [0.15, 0.2) is 0 Å². The van der Waals surface area contributed by atoms with Crippen molar-refractivity contribution in [2.45, 2.75) is 89.9 Å². The summed E-state index contributed by atoms with van der Waals surface area (Å²) in [5, 5.41) is 31.5. The molecule has 4 aliphatic carbocycles. The highest BCUT2D eigenvalue weighted by Crippen LogP contribution is 2.68. The van der Waals surface area contributed by atoms with Crippen molar-refractivity contribution in [2.75, 3.05) is 0 Å². The van der Waals surface area contributed by atoms with Crippen LogP contribution in [0.3, 0.4) is 0 Å². The Labute approximate surface area is 140 Å². The summed E-state index contributed by atoms with van der Waals surface area (Å²) in [6.45, 7) is 6.57. The second kappa shape index (κ2) is 4.95. The molecule has 0 bridgehead atoms. The summed E-state index contributed by atoms with van der Waals surface area (Å²) in [4.78, 5) is 0. The van der Waals surface area contributed by atoms with Crippen LogP contribution in [0.5, 0.6) is 0 Å². The molecule has 0 aliphatic heterocycles. The van der Waals surface area contributed by atoms with Crippen LogP contribution in [0.2, 0.25) is 0 Å². The molecule has 4 rings (SSSR count). The maximum Gasteiger partial charge on any atom is 0.0933 e. The van der Waals surface area contributed by atoms with E-state index in [2.05, 4.69) is 13.8 Å². The monoisotopic (exact) mass is 322 g/mol. The Bertz CT molecular complexity index is 489. The zero-order chi connectivity index (χ0) is 16.6. The molecule has 0 amide bonds. The zero-order valence-corrected chi connectivity index (χ0v) is 15.0. The van der Waals surface area contributed by atoms with Gasteiger partial charge in [-0.3, -0.25) is 0 Å². The molecule has 4 saturated carbocycles. The third-order valence-electron chi connectivity index (χ3n) is 9.31. The van der Waals surface area contributed by atoms with E-state index in [0.717, 1.165) is 32.1 Å². The van der Waals surface area contributed by atoms with E-state index in [1.54, 1.807) is 0 Å². The maximum atomic E-state index is 11.0. The number of hydrogen-bond acceptors (Lipinski definition) is 3. The minimum Gasteiger partial charge on any atom is -0.393 e. The number of rotatable bonds is 0. The van der Waals surface area contributed by atoms with Crippen molar-refractivity contribution in [3.05, 3.63) is 0 Å². The molecule has 0 aromatic rings. The van der Waals surface area contributed by atoms with Gasteiger partial charge in [-0.05, 0) is 87.4 Å². The van der Waals surface area contributed by atoms with E-state index in [-0.39, 0.29) is 11.5 Å². The van der Waals surface area contributed by atoms with Crippen molar-refractivity contribution in [3.8, 4) is 0 Å². The van der Waals surface area contributed by atoms with Gasteiger partial charge in [0.05, 0.1) is 17.8 Å². The molecular formula is C20H34O3. The Balaban J connectivity index is 1.65. The lowest BCUT2D eigenvalue weighted by atomic mass is 9.44. The van der Waals surface area contributed by atoms with Gasteiger partial charge in [-0.1, -0.05) is 13.8 Å². The summed E-state index contributed by atoms with van der Waals surface area (Å²) in [6, 6.07) is 0. The van der Waals surface area contributed by atoms with Gasteiger partial charge in [0.25, 0.3) is 0 Å². The second-order valence-corrected chi connectivity index (χ2v) is 9.94. The third kappa shape index (κ3) is 1.99. The van der Waals surface area contributed by atoms with E-state index in [4.69, 9.17) is 0 Å². The predicted molar refractivity (Wildman–Crippen MR) is 89.7 cm³/mol. The van der Waals surface area contributed by atoms with Gasteiger partial charge in [-0.15, -0.1) is 0 Å². The van der Waals surface area contributed by atoms with E-state index < -0.39 is 11.7 Å². The van der Waals surface area contributed by atoms with E-state index in [0.29, 0.717) is 29.1 Å². The fourth-order valence-electron chi connectivity index (χ4n) is 7.47. The summed E-state index contributed by atoms with van der Waals surface area (Å²) in [7, 11) is 0. The molecule has 4 fully saturated rings. The zero-order valence-electron chi connectivity index (χ0n) is 15.0. The van der Waals surface area contributed by atoms with Gasteiger partial charge in [0.1, 0.15) is 0 Å². The summed E-state index contributed by atoms with van der Waals surface area (Å²) >= 11 is 0. The lowest BCUT2D eigenvalue weighted by molar-refractivity contribution is -0.164. The molecule has 9 atom stereocenters. The van der Waals surface area contributed by atoms with E-state index in [1.807, 2.05) is 6.92 Å². The number of aliphatic hydroxyl groups excluding tert-OH is 2. The molecule has 0 saturated heterocycles. The average Bonchev–Trinajstić information content (AvgIpc) is 2.67. The Morgan fingerprint density at radius 2 is 1.57 bits per heavy atom. The molecule has 0 radical (unpaired) electrons. The van der Waals surface area contributed by atoms with Gasteiger partial charge >= 0.3 is 0 Å². The number of fused-ring (bicyclic) bond motifs is 5. The molecule has 3 heteroatoms. The molecule has 0 unspecified atom stereocenters. The third-order valence-corrected chi connectivity index (χ3v) is 9.31. The molecule has 0 aromatic carbocycles. The first kappa shape index (κ1) is 16.4. The standard InChI is InChI=1S/C20H34O3/c1-18-8-6-13(21)10-12(18)4-5-14-15(18)7-9-19(2)16(14)11-17(22)20(19,3)23/h12-17,21-23H,4-11H2,1-3H3/t12-,13-,14-,15+,16+,17+,18+,19+,20+/m1/s1. The van der Waals surface area contributed by atoms with Crippen LogP contribution in [0.25, 0.3) is 0 Å². The fourth-order valence-corrected chi connectivity index (χ4v) is 7.47. The second-order valence-electron chi connectivity index (χ2n) is 9.94. The Morgan fingerprint density at radius 1 is 0.826 bits per heavy atom. The van der Waals surface area contributed by atoms with Crippen molar-refractivity contribution in [2.24, 2.45) is 34.5 Å². The van der Waals surface area contributed by atoms with Gasteiger partial charge < -0.3 is 15.3 Å². The predicted octanol–water partition coefficient (Wildman–Crippen LogP) is 3.11. The lowest BCUT2D eigenvalue weighted by Gasteiger charge is -2.61. The molecule has 0 heterocycles. The SMILES string of the molecule is C[C@]12CC[C@@H](O)C[C@H]1CC[C@@H]1[C@@H]2CC[C@@]2(C)[C@H]1C[C@H](O)[C@]2(C)O. The molecule has 23 heavy (non-hydrogen) atoms. The van der Waals surface area contributed by atoms with E-state index >= 15 is 0 Å². The molecule has 3 N–H and O–H groups in total. The Hall–Kier alpha value is -0.120. The summed E-state index contributed by atoms with van der Waals surface area (Å²) < 4.78 is 0. The molecule has 4 aliphatic rings. The van der Waals surface area contributed by atoms with Crippen LogP contribution < -0.4 is 0 Å². The number of hydrogen-bond donors (Lipinski definition) is 3. The fraction of sp³-hybridized carbons (Fsp3) is 1.00. The Morgan fingerprint density at radius 3 is 2.30 bits per heavy atom. The normalized spacial score (nSPS) is 62.3. The summed E-state index contributed by atoms with van der Waals surface area (Å²) in [5.74, 6) is 2.49. The van der Waals surface area contributed by atoms with Crippen LogP contribution in [-0.4, -0.2) is 33.1 Å². The average molecular weight is 322 g/mol. The van der Waals surface area contributed by atoms with E-state index in [9.17, 15) is 15.3 Å². The summed E-state index contributed by atoms with van der Waals surface area (Å²) in [5.41, 5.74) is -0.711. The van der Waals surface area contributed by atoms with E-state index in [1.165, 1.54) is 19.3 Å². The van der Waals surface area contributed by atoms with Gasteiger partial charge in [0.15, 0.2) is 0 Å². The lowest BCUT2D eigenvalue weighted by Crippen LogP contribution is -2.57. The maximum absolute atomic E-state index is 11.0. The van der Waals surface area contributed by atoms with Crippen molar-refractivity contribution in [3.63, 3.8) is 0 Å². The first-order chi connectivity index (χ1) is 10.7. The Kier molecular flexibility index (Phi) is 3.52. The largest absolute Gasteiger partial charge is 0.393 e. The van der Waals surface area contributed by atoms with Crippen LogP contribution in [0, 0.1) is 34.5 Å². The van der Waals surface area contributed by atoms with Gasteiger partial charge in [0, 0.05) is 5.41 Å². The number of aliphatic hydroxyl groups is 3. The van der Waals surface area contributed by atoms with Crippen LogP contribution in [0.1, 0.15) is 72.1 Å². The quantitative estimate of drug-likeness (QED) is 0.642. The van der Waals surface area contributed by atoms with Crippen LogP contribution >= 0.6 is 0 Å². The van der Waals surface area contributed by atoms with Crippen molar-refractivity contribution in [1.82, 2.24) is 0 Å². The molecular weight excluding hydrogens is 288 g/mol. The molecule has 0 spiro atoms. The topological polar surface area (TPSA) is 60.7 Å². The highest BCUT2D eigenvalue weighted by Gasteiger charge is 2.66. The molecule has 132 valence electrons. The first-order valence-corrected chi connectivity index (χ1v) is 9.78. The van der Waals surface area contributed by atoms with Gasteiger partial charge in [0.2, 0.25) is 0 Å². The molecule has 3 nitrogen and oxygen atoms in total. The van der Waals surface area contributed by atoms with Crippen molar-refractivity contribution < 1.29 is 15.3 Å². The minimum atomic E-state index is -0.941. The van der Waals surface area contributed by atoms with Crippen molar-refractivity contribution >= 4 is 0 Å². The van der Waals surface area contributed by atoms with Gasteiger partial charge in [-0.25, -0.2) is 0 Å². The highest BCUT2D eigenvalue weighted by atomic mass is 16.3.